The first-order chi connectivity index (χ1) is 13.8. The van der Waals surface area contributed by atoms with Gasteiger partial charge in [0.15, 0.2) is 11.5 Å². The van der Waals surface area contributed by atoms with Gasteiger partial charge in [-0.15, -0.1) is 0 Å². The van der Waals surface area contributed by atoms with Gasteiger partial charge in [0, 0.05) is 31.1 Å². The van der Waals surface area contributed by atoms with Crippen molar-refractivity contribution >= 4 is 44.8 Å². The van der Waals surface area contributed by atoms with Crippen LogP contribution in [0.3, 0.4) is 0 Å². The molecule has 1 aliphatic heterocycles. The van der Waals surface area contributed by atoms with E-state index in [9.17, 15) is 13.2 Å². The normalized spacial score (nSPS) is 13.6. The van der Waals surface area contributed by atoms with Gasteiger partial charge in [0.25, 0.3) is 0 Å². The van der Waals surface area contributed by atoms with Gasteiger partial charge in [-0.05, 0) is 36.8 Å². The van der Waals surface area contributed by atoms with Crippen molar-refractivity contribution in [3.05, 3.63) is 46.4 Å². The first kappa shape index (κ1) is 21.7. The number of carbonyl (C=O) groups excluding carboxylic acids is 1. The second-order valence-electron chi connectivity index (χ2n) is 6.34. The molecule has 2 aromatic rings. The van der Waals surface area contributed by atoms with E-state index in [2.05, 4.69) is 10.0 Å². The Hall–Kier alpha value is -2.00. The Morgan fingerprint density at radius 3 is 2.52 bits per heavy atom. The summed E-state index contributed by atoms with van der Waals surface area (Å²) in [6.45, 7) is 1.12. The van der Waals surface area contributed by atoms with Crippen LogP contribution in [0.1, 0.15) is 19.3 Å². The van der Waals surface area contributed by atoms with Gasteiger partial charge in [0.05, 0.1) is 28.2 Å². The van der Waals surface area contributed by atoms with E-state index < -0.39 is 10.0 Å². The fourth-order valence-electron chi connectivity index (χ4n) is 2.65. The van der Waals surface area contributed by atoms with Crippen molar-refractivity contribution in [1.82, 2.24) is 4.72 Å². The number of benzene rings is 2. The highest BCUT2D eigenvalue weighted by atomic mass is 35.5. The molecule has 0 saturated heterocycles. The minimum absolute atomic E-state index is 0.0852. The summed E-state index contributed by atoms with van der Waals surface area (Å²) in [5.41, 5.74) is 0.525. The van der Waals surface area contributed by atoms with Gasteiger partial charge in [0.2, 0.25) is 15.9 Å². The summed E-state index contributed by atoms with van der Waals surface area (Å²) in [4.78, 5) is 12.1. The van der Waals surface area contributed by atoms with Crippen LogP contribution in [0.5, 0.6) is 11.5 Å². The number of carbonyl (C=O) groups is 1. The minimum Gasteiger partial charge on any atom is -0.490 e. The van der Waals surface area contributed by atoms with Crippen molar-refractivity contribution < 1.29 is 22.7 Å². The standard InChI is InChI=1S/C19H20Cl2N2O5S/c20-15-6-4-13(11-16(15)21)23-19(24)3-1-8-22-29(25,26)14-5-7-17-18(12-14)28-10-2-9-27-17/h4-7,11-12,22H,1-3,8-10H2,(H,23,24). The summed E-state index contributed by atoms with van der Waals surface area (Å²) < 4.78 is 38.5. The van der Waals surface area contributed by atoms with E-state index in [0.29, 0.717) is 46.9 Å². The molecular weight excluding hydrogens is 439 g/mol. The number of amides is 1. The van der Waals surface area contributed by atoms with E-state index in [1.807, 2.05) is 0 Å². The molecule has 1 amide bonds. The second kappa shape index (κ2) is 9.67. The predicted octanol–water partition coefficient (Wildman–Crippen LogP) is 3.85. The quantitative estimate of drug-likeness (QED) is 0.614. The number of halogens is 2. The molecule has 0 radical (unpaired) electrons. The average molecular weight is 459 g/mol. The van der Waals surface area contributed by atoms with Gasteiger partial charge in [0.1, 0.15) is 0 Å². The van der Waals surface area contributed by atoms with Gasteiger partial charge in [-0.3, -0.25) is 4.79 Å². The Balaban J connectivity index is 1.49. The molecule has 2 aromatic carbocycles. The smallest absolute Gasteiger partial charge is 0.240 e. The number of ether oxygens (including phenoxy) is 2. The van der Waals surface area contributed by atoms with E-state index in [-0.39, 0.29) is 23.8 Å². The number of rotatable bonds is 7. The van der Waals surface area contributed by atoms with E-state index in [1.54, 1.807) is 24.3 Å². The molecule has 0 atom stereocenters. The molecule has 2 N–H and O–H groups in total. The van der Waals surface area contributed by atoms with E-state index in [4.69, 9.17) is 32.7 Å². The summed E-state index contributed by atoms with van der Waals surface area (Å²) in [6.07, 6.45) is 1.21. The number of sulfonamides is 1. The lowest BCUT2D eigenvalue weighted by atomic mass is 10.2. The molecule has 0 unspecified atom stereocenters. The third-order valence-electron chi connectivity index (χ3n) is 4.11. The number of hydrogen-bond acceptors (Lipinski definition) is 5. The van der Waals surface area contributed by atoms with Gasteiger partial charge in [-0.2, -0.15) is 0 Å². The molecule has 0 spiro atoms. The van der Waals surface area contributed by atoms with Crippen molar-refractivity contribution in [3.8, 4) is 11.5 Å². The SMILES string of the molecule is O=C(CCCNS(=O)(=O)c1ccc2c(c1)OCCCO2)Nc1ccc(Cl)c(Cl)c1. The summed E-state index contributed by atoms with van der Waals surface area (Å²) in [6, 6.07) is 9.27. The molecule has 3 rings (SSSR count). The lowest BCUT2D eigenvalue weighted by molar-refractivity contribution is -0.116. The summed E-state index contributed by atoms with van der Waals surface area (Å²) in [7, 11) is -3.72. The third-order valence-corrected chi connectivity index (χ3v) is 6.30. The number of fused-ring (bicyclic) bond motifs is 1. The molecule has 0 saturated carbocycles. The molecule has 1 heterocycles. The van der Waals surface area contributed by atoms with Crippen molar-refractivity contribution in [1.29, 1.82) is 0 Å². The second-order valence-corrected chi connectivity index (χ2v) is 8.92. The molecule has 156 valence electrons. The molecule has 0 aromatic heterocycles. The molecule has 0 fully saturated rings. The Bertz CT molecular complexity index is 998. The van der Waals surface area contributed by atoms with Crippen LogP contribution in [-0.4, -0.2) is 34.1 Å². The number of hydrogen-bond donors (Lipinski definition) is 2. The maximum absolute atomic E-state index is 12.5. The first-order valence-electron chi connectivity index (χ1n) is 8.99. The Morgan fingerprint density at radius 2 is 1.76 bits per heavy atom. The summed E-state index contributed by atoms with van der Waals surface area (Å²) in [5.74, 6) is 0.685. The van der Waals surface area contributed by atoms with Gasteiger partial charge >= 0.3 is 0 Å². The lowest BCUT2D eigenvalue weighted by Gasteiger charge is -2.11. The topological polar surface area (TPSA) is 93.7 Å². The lowest BCUT2D eigenvalue weighted by Crippen LogP contribution is -2.25. The van der Waals surface area contributed by atoms with Crippen molar-refractivity contribution in [3.63, 3.8) is 0 Å². The van der Waals surface area contributed by atoms with Crippen molar-refractivity contribution in [2.75, 3.05) is 25.1 Å². The monoisotopic (exact) mass is 458 g/mol. The van der Waals surface area contributed by atoms with Crippen LogP contribution in [-0.2, 0) is 14.8 Å². The molecule has 7 nitrogen and oxygen atoms in total. The zero-order valence-corrected chi connectivity index (χ0v) is 17.7. The molecule has 0 bridgehead atoms. The largest absolute Gasteiger partial charge is 0.490 e. The van der Waals surface area contributed by atoms with E-state index in [0.717, 1.165) is 6.42 Å². The Labute approximate surface area is 179 Å². The van der Waals surface area contributed by atoms with Crippen LogP contribution in [0, 0.1) is 0 Å². The van der Waals surface area contributed by atoms with Gasteiger partial charge < -0.3 is 14.8 Å². The highest BCUT2D eigenvalue weighted by Gasteiger charge is 2.18. The van der Waals surface area contributed by atoms with Crippen LogP contribution >= 0.6 is 23.2 Å². The third kappa shape index (κ3) is 5.99. The average Bonchev–Trinajstić information content (AvgIpc) is 2.93. The highest BCUT2D eigenvalue weighted by molar-refractivity contribution is 7.89. The van der Waals surface area contributed by atoms with Crippen LogP contribution in [0.4, 0.5) is 5.69 Å². The Morgan fingerprint density at radius 1 is 1.00 bits per heavy atom. The van der Waals surface area contributed by atoms with E-state index >= 15 is 0 Å². The molecule has 10 heteroatoms. The number of anilines is 1. The number of nitrogens with one attached hydrogen (secondary N) is 2. The highest BCUT2D eigenvalue weighted by Crippen LogP contribution is 2.31. The maximum atomic E-state index is 12.5. The fourth-order valence-corrected chi connectivity index (χ4v) is 4.03. The molecule has 1 aliphatic rings. The summed E-state index contributed by atoms with van der Waals surface area (Å²) >= 11 is 11.7. The predicted molar refractivity (Wildman–Crippen MR) is 112 cm³/mol. The van der Waals surface area contributed by atoms with Crippen LogP contribution in [0.25, 0.3) is 0 Å². The van der Waals surface area contributed by atoms with Gasteiger partial charge in [-0.1, -0.05) is 23.2 Å². The zero-order chi connectivity index (χ0) is 20.9. The zero-order valence-electron chi connectivity index (χ0n) is 15.4. The molecule has 0 aliphatic carbocycles. The van der Waals surface area contributed by atoms with Crippen LogP contribution in [0.15, 0.2) is 41.3 Å². The van der Waals surface area contributed by atoms with Gasteiger partial charge in [-0.25, -0.2) is 13.1 Å². The maximum Gasteiger partial charge on any atom is 0.240 e. The Kier molecular flexibility index (Phi) is 7.23. The van der Waals surface area contributed by atoms with Crippen LogP contribution in [0.2, 0.25) is 10.0 Å². The van der Waals surface area contributed by atoms with E-state index in [1.165, 1.54) is 12.1 Å². The van der Waals surface area contributed by atoms with Crippen LogP contribution < -0.4 is 19.5 Å². The summed E-state index contributed by atoms with van der Waals surface area (Å²) in [5, 5.41) is 3.43. The first-order valence-corrected chi connectivity index (χ1v) is 11.2. The minimum atomic E-state index is -3.72. The van der Waals surface area contributed by atoms with Crippen molar-refractivity contribution in [2.45, 2.75) is 24.2 Å². The fraction of sp³-hybridized carbons (Fsp3) is 0.316. The molecule has 29 heavy (non-hydrogen) atoms. The van der Waals surface area contributed by atoms with Crippen molar-refractivity contribution in [2.24, 2.45) is 0 Å². The molecular formula is C19H20Cl2N2O5S.